The summed E-state index contributed by atoms with van der Waals surface area (Å²) in [4.78, 5) is 20.7. The van der Waals surface area contributed by atoms with Gasteiger partial charge in [-0.2, -0.15) is 0 Å². The highest BCUT2D eigenvalue weighted by molar-refractivity contribution is 5.93. The molecule has 2 N–H and O–H groups in total. The highest BCUT2D eigenvalue weighted by Gasteiger charge is 2.10. The molecule has 136 valence electrons. The van der Waals surface area contributed by atoms with E-state index in [2.05, 4.69) is 45.7 Å². The summed E-state index contributed by atoms with van der Waals surface area (Å²) in [6.07, 6.45) is 11.3. The fourth-order valence-electron chi connectivity index (χ4n) is 3.11. The number of hydrogen-bond acceptors (Lipinski definition) is 4. The first-order valence-corrected chi connectivity index (χ1v) is 9.32. The van der Waals surface area contributed by atoms with Crippen molar-refractivity contribution in [2.24, 2.45) is 0 Å². The highest BCUT2D eigenvalue weighted by atomic mass is 16.1. The second-order valence-electron chi connectivity index (χ2n) is 6.69. The van der Waals surface area contributed by atoms with Crippen LogP contribution < -0.4 is 10.6 Å². The average molecular weight is 350 g/mol. The summed E-state index contributed by atoms with van der Waals surface area (Å²) < 4.78 is 0. The molecule has 1 aromatic carbocycles. The second kappa shape index (κ2) is 9.13. The molecule has 1 aliphatic rings. The van der Waals surface area contributed by atoms with Crippen molar-refractivity contribution in [1.29, 1.82) is 0 Å². The third-order valence-corrected chi connectivity index (χ3v) is 4.68. The summed E-state index contributed by atoms with van der Waals surface area (Å²) >= 11 is 0. The molecule has 1 aromatic heterocycles. The number of carbonyl (C=O) groups excluding carboxylic acids is 1. The van der Waals surface area contributed by atoms with E-state index in [0.29, 0.717) is 18.1 Å². The van der Waals surface area contributed by atoms with Gasteiger partial charge in [-0.15, -0.1) is 0 Å². The maximum atomic E-state index is 12.2. The average Bonchev–Trinajstić information content (AvgIpc) is 2.70. The molecule has 0 radical (unpaired) electrons. The normalized spacial score (nSPS) is 15.0. The van der Waals surface area contributed by atoms with Gasteiger partial charge in [0.05, 0.1) is 11.6 Å². The van der Waals surface area contributed by atoms with Crippen LogP contribution in [0.25, 0.3) is 0 Å². The predicted octanol–water partition coefficient (Wildman–Crippen LogP) is 4.27. The molecule has 1 atom stereocenters. The van der Waals surface area contributed by atoms with Gasteiger partial charge < -0.3 is 10.6 Å². The number of carbonyl (C=O) groups is 1. The van der Waals surface area contributed by atoms with Crippen molar-refractivity contribution in [3.8, 4) is 0 Å². The quantitative estimate of drug-likeness (QED) is 0.732. The Morgan fingerprint density at radius 1 is 1.15 bits per heavy atom. The van der Waals surface area contributed by atoms with E-state index in [1.807, 2.05) is 18.2 Å². The van der Waals surface area contributed by atoms with E-state index < -0.39 is 0 Å². The Balaban J connectivity index is 1.48. The molecule has 2 aromatic rings. The number of hydrogen-bond donors (Lipinski definition) is 2. The van der Waals surface area contributed by atoms with Crippen LogP contribution in [0, 0.1) is 0 Å². The number of anilines is 1. The first-order chi connectivity index (χ1) is 12.7. The van der Waals surface area contributed by atoms with Crippen molar-refractivity contribution in [2.75, 3.05) is 11.9 Å². The Bertz CT molecular complexity index is 740. The predicted molar refractivity (Wildman–Crippen MR) is 104 cm³/mol. The summed E-state index contributed by atoms with van der Waals surface area (Å²) in [5, 5.41) is 6.20. The van der Waals surface area contributed by atoms with Crippen LogP contribution in [0.3, 0.4) is 0 Å². The summed E-state index contributed by atoms with van der Waals surface area (Å²) in [6.45, 7) is 2.72. The SMILES string of the molecule is CC(Nc1ncc(C(=O)NCCC2=CCCCC2)cn1)c1ccccc1. The summed E-state index contributed by atoms with van der Waals surface area (Å²) in [6, 6.07) is 10.2. The third-order valence-electron chi connectivity index (χ3n) is 4.68. The van der Waals surface area contributed by atoms with Gasteiger partial charge in [-0.3, -0.25) is 4.79 Å². The van der Waals surface area contributed by atoms with Crippen LogP contribution in [0.2, 0.25) is 0 Å². The van der Waals surface area contributed by atoms with Crippen LogP contribution in [0.15, 0.2) is 54.4 Å². The van der Waals surface area contributed by atoms with E-state index in [0.717, 1.165) is 12.0 Å². The molecule has 1 heterocycles. The Labute approximate surface area is 155 Å². The van der Waals surface area contributed by atoms with Gasteiger partial charge in [-0.05, 0) is 44.6 Å². The van der Waals surface area contributed by atoms with E-state index in [9.17, 15) is 4.79 Å². The lowest BCUT2D eigenvalue weighted by Crippen LogP contribution is -2.25. The first kappa shape index (κ1) is 18.1. The molecule has 26 heavy (non-hydrogen) atoms. The molecule has 1 unspecified atom stereocenters. The zero-order valence-electron chi connectivity index (χ0n) is 15.2. The third kappa shape index (κ3) is 5.15. The molecule has 0 spiro atoms. The number of rotatable bonds is 7. The molecule has 3 rings (SSSR count). The van der Waals surface area contributed by atoms with E-state index in [4.69, 9.17) is 0 Å². The molecule has 5 nitrogen and oxygen atoms in total. The van der Waals surface area contributed by atoms with Gasteiger partial charge >= 0.3 is 0 Å². The lowest BCUT2D eigenvalue weighted by atomic mass is 9.97. The fourth-order valence-corrected chi connectivity index (χ4v) is 3.11. The zero-order valence-corrected chi connectivity index (χ0v) is 15.2. The molecule has 1 amide bonds. The summed E-state index contributed by atoms with van der Waals surface area (Å²) in [5.41, 5.74) is 3.11. The van der Waals surface area contributed by atoms with Crippen molar-refractivity contribution in [3.63, 3.8) is 0 Å². The van der Waals surface area contributed by atoms with E-state index in [-0.39, 0.29) is 11.9 Å². The standard InChI is InChI=1S/C21H26N4O/c1-16(18-10-6-3-7-11-18)25-21-23-14-19(15-24-21)20(26)22-13-12-17-8-4-2-5-9-17/h3,6-8,10-11,14-16H,2,4-5,9,12-13H2,1H3,(H,22,26)(H,23,24,25). The first-order valence-electron chi connectivity index (χ1n) is 9.32. The number of allylic oxidation sites excluding steroid dienone is 1. The smallest absolute Gasteiger partial charge is 0.254 e. The lowest BCUT2D eigenvalue weighted by Gasteiger charge is -2.14. The number of amides is 1. The van der Waals surface area contributed by atoms with Crippen LogP contribution in [0.5, 0.6) is 0 Å². The summed E-state index contributed by atoms with van der Waals surface area (Å²) in [7, 11) is 0. The molecular weight excluding hydrogens is 324 g/mol. The van der Waals surface area contributed by atoms with Gasteiger partial charge in [-0.25, -0.2) is 9.97 Å². The minimum atomic E-state index is -0.121. The minimum Gasteiger partial charge on any atom is -0.352 e. The fraction of sp³-hybridized carbons (Fsp3) is 0.381. The Morgan fingerprint density at radius 2 is 1.92 bits per heavy atom. The molecular formula is C21H26N4O. The Kier molecular flexibility index (Phi) is 6.36. The maximum Gasteiger partial charge on any atom is 0.254 e. The van der Waals surface area contributed by atoms with Gasteiger partial charge in [-0.1, -0.05) is 42.0 Å². The van der Waals surface area contributed by atoms with E-state index in [1.54, 1.807) is 12.4 Å². The van der Waals surface area contributed by atoms with Gasteiger partial charge in [0.15, 0.2) is 0 Å². The van der Waals surface area contributed by atoms with Crippen LogP contribution in [-0.4, -0.2) is 22.4 Å². The molecule has 1 aliphatic carbocycles. The van der Waals surface area contributed by atoms with Crippen LogP contribution >= 0.6 is 0 Å². The number of nitrogens with zero attached hydrogens (tertiary/aromatic N) is 2. The number of aromatic nitrogens is 2. The molecule has 0 fully saturated rings. The van der Waals surface area contributed by atoms with Crippen LogP contribution in [0.4, 0.5) is 5.95 Å². The van der Waals surface area contributed by atoms with Gasteiger partial charge in [0, 0.05) is 18.9 Å². The Hall–Kier alpha value is -2.69. The van der Waals surface area contributed by atoms with Crippen LogP contribution in [0.1, 0.15) is 61.0 Å². The zero-order chi connectivity index (χ0) is 18.2. The maximum absolute atomic E-state index is 12.2. The van der Waals surface area contributed by atoms with Crippen molar-refractivity contribution in [3.05, 3.63) is 65.5 Å². The van der Waals surface area contributed by atoms with Crippen molar-refractivity contribution in [1.82, 2.24) is 15.3 Å². The largest absolute Gasteiger partial charge is 0.352 e. The van der Waals surface area contributed by atoms with E-state index in [1.165, 1.54) is 31.3 Å². The molecule has 0 saturated heterocycles. The van der Waals surface area contributed by atoms with Crippen molar-refractivity contribution < 1.29 is 4.79 Å². The molecule has 0 saturated carbocycles. The highest BCUT2D eigenvalue weighted by Crippen LogP contribution is 2.19. The van der Waals surface area contributed by atoms with Crippen molar-refractivity contribution in [2.45, 2.75) is 45.1 Å². The summed E-state index contributed by atoms with van der Waals surface area (Å²) in [5.74, 6) is 0.398. The number of benzene rings is 1. The van der Waals surface area contributed by atoms with E-state index >= 15 is 0 Å². The Morgan fingerprint density at radius 3 is 2.62 bits per heavy atom. The molecule has 5 heteroatoms. The second-order valence-corrected chi connectivity index (χ2v) is 6.69. The van der Waals surface area contributed by atoms with Gasteiger partial charge in [0.2, 0.25) is 5.95 Å². The topological polar surface area (TPSA) is 66.9 Å². The van der Waals surface area contributed by atoms with Gasteiger partial charge in [0.25, 0.3) is 5.91 Å². The van der Waals surface area contributed by atoms with Crippen LogP contribution in [-0.2, 0) is 0 Å². The van der Waals surface area contributed by atoms with Gasteiger partial charge in [0.1, 0.15) is 0 Å². The molecule has 0 aliphatic heterocycles. The molecule has 0 bridgehead atoms. The van der Waals surface area contributed by atoms with Crippen molar-refractivity contribution >= 4 is 11.9 Å². The monoisotopic (exact) mass is 350 g/mol. The lowest BCUT2D eigenvalue weighted by molar-refractivity contribution is 0.0953. The number of nitrogens with one attached hydrogen (secondary N) is 2. The minimum absolute atomic E-state index is 0.0969.